The topological polar surface area (TPSA) is 67.7 Å². The average molecular weight is 350 g/mol. The van der Waals surface area contributed by atoms with Gasteiger partial charge in [-0.25, -0.2) is 0 Å². The van der Waals surface area contributed by atoms with E-state index in [1.165, 1.54) is 8.99 Å². The molecule has 0 spiro atoms. The van der Waals surface area contributed by atoms with Gasteiger partial charge in [-0.1, -0.05) is 18.2 Å². The van der Waals surface area contributed by atoms with Crippen LogP contribution in [0.15, 0.2) is 35.5 Å². The fourth-order valence-electron chi connectivity index (χ4n) is 2.82. The minimum absolute atomic E-state index is 0.0542. The van der Waals surface area contributed by atoms with Crippen LogP contribution >= 0.6 is 0 Å². The van der Waals surface area contributed by atoms with Crippen molar-refractivity contribution in [2.24, 2.45) is 7.05 Å². The van der Waals surface area contributed by atoms with Gasteiger partial charge < -0.3 is 9.64 Å². The molecule has 0 saturated heterocycles. The lowest BCUT2D eigenvalue weighted by Gasteiger charge is -2.22. The number of sulfonamides is 1. The minimum Gasteiger partial charge on any atom is -0.367 e. The smallest absolute Gasteiger partial charge is 0.283 e. The van der Waals surface area contributed by atoms with E-state index in [1.807, 2.05) is 37.2 Å². The second-order valence-electron chi connectivity index (χ2n) is 6.15. The molecular weight excluding hydrogens is 328 g/mol. The van der Waals surface area contributed by atoms with Crippen LogP contribution in [0.4, 0.5) is 5.69 Å². The molecule has 7 nitrogen and oxygen atoms in total. The van der Waals surface area contributed by atoms with E-state index in [2.05, 4.69) is 5.10 Å². The number of rotatable bonds is 4. The van der Waals surface area contributed by atoms with Crippen LogP contribution in [0.2, 0.25) is 0 Å². The van der Waals surface area contributed by atoms with Crippen molar-refractivity contribution < 1.29 is 13.2 Å². The molecule has 24 heavy (non-hydrogen) atoms. The van der Waals surface area contributed by atoms with Crippen LogP contribution in [0.3, 0.4) is 0 Å². The van der Waals surface area contributed by atoms with Crippen molar-refractivity contribution in [3.05, 3.63) is 41.6 Å². The molecule has 1 aromatic heterocycles. The lowest BCUT2D eigenvalue weighted by Crippen LogP contribution is -2.27. The number of para-hydroxylation sites is 1. The monoisotopic (exact) mass is 350 g/mol. The van der Waals surface area contributed by atoms with Gasteiger partial charge in [0.25, 0.3) is 10.0 Å². The maximum Gasteiger partial charge on any atom is 0.283 e. The van der Waals surface area contributed by atoms with E-state index in [4.69, 9.17) is 4.74 Å². The van der Waals surface area contributed by atoms with E-state index in [0.717, 1.165) is 12.1 Å². The zero-order chi connectivity index (χ0) is 17.5. The van der Waals surface area contributed by atoms with Crippen molar-refractivity contribution in [3.8, 4) is 0 Å². The van der Waals surface area contributed by atoms with Crippen LogP contribution in [0, 0.1) is 0 Å². The van der Waals surface area contributed by atoms with Gasteiger partial charge in [-0.05, 0) is 20.2 Å². The van der Waals surface area contributed by atoms with Crippen molar-refractivity contribution in [3.63, 3.8) is 0 Å². The predicted molar refractivity (Wildman–Crippen MR) is 91.6 cm³/mol. The van der Waals surface area contributed by atoms with Crippen molar-refractivity contribution >= 4 is 15.7 Å². The molecule has 0 fully saturated rings. The molecule has 1 atom stereocenters. The van der Waals surface area contributed by atoms with Crippen LogP contribution in [-0.4, -0.2) is 57.4 Å². The molecule has 0 amide bonds. The summed E-state index contributed by atoms with van der Waals surface area (Å²) >= 11 is 0. The van der Waals surface area contributed by atoms with E-state index in [0.29, 0.717) is 17.9 Å². The van der Waals surface area contributed by atoms with Gasteiger partial charge in [0.05, 0.1) is 12.3 Å². The molecule has 0 saturated carbocycles. The number of likely N-dealkylation sites (N-methyl/N-ethyl adjacent to an activating group) is 1. The summed E-state index contributed by atoms with van der Waals surface area (Å²) in [4.78, 5) is 2.02. The Morgan fingerprint density at radius 2 is 1.92 bits per heavy atom. The second kappa shape index (κ2) is 6.19. The van der Waals surface area contributed by atoms with Crippen LogP contribution in [-0.2, 0) is 21.8 Å². The first-order chi connectivity index (χ1) is 11.3. The number of benzene rings is 1. The van der Waals surface area contributed by atoms with E-state index in [9.17, 15) is 8.42 Å². The second-order valence-corrected chi connectivity index (χ2v) is 8.03. The van der Waals surface area contributed by atoms with Gasteiger partial charge in [-0.15, -0.1) is 0 Å². The Morgan fingerprint density at radius 3 is 2.62 bits per heavy atom. The molecule has 0 N–H and O–H groups in total. The Kier molecular flexibility index (Phi) is 4.37. The molecule has 130 valence electrons. The summed E-state index contributed by atoms with van der Waals surface area (Å²) in [6.07, 6.45) is 1.26. The summed E-state index contributed by atoms with van der Waals surface area (Å²) in [5.74, 6) is 0. The lowest BCUT2D eigenvalue weighted by atomic mass is 10.0. The molecule has 1 unspecified atom stereocenters. The first kappa shape index (κ1) is 16.9. The molecule has 0 radical (unpaired) electrons. The molecule has 1 aliphatic rings. The highest BCUT2D eigenvalue weighted by Crippen LogP contribution is 2.41. The maximum absolute atomic E-state index is 12.9. The van der Waals surface area contributed by atoms with Gasteiger partial charge in [-0.3, -0.25) is 8.99 Å². The third-order valence-electron chi connectivity index (χ3n) is 4.09. The molecule has 3 rings (SSSR count). The molecule has 2 heterocycles. The minimum atomic E-state index is -3.71. The highest BCUT2D eigenvalue weighted by Gasteiger charge is 2.38. The molecular formula is C16H22N4O3S. The van der Waals surface area contributed by atoms with Crippen LogP contribution in [0.5, 0.6) is 0 Å². The first-order valence-electron chi connectivity index (χ1n) is 7.70. The standard InChI is InChI=1S/C16H22N4O3S/c1-18(2)9-10-23-15-12-7-5-6-8-14(12)20(4)24(21,22)16-13(15)11-19(3)17-16/h5-8,11,15H,9-10H2,1-4H3. The van der Waals surface area contributed by atoms with Gasteiger partial charge in [0.1, 0.15) is 6.10 Å². The van der Waals surface area contributed by atoms with Gasteiger partial charge in [0.15, 0.2) is 0 Å². The van der Waals surface area contributed by atoms with Crippen LogP contribution in [0.1, 0.15) is 17.2 Å². The molecule has 8 heteroatoms. The summed E-state index contributed by atoms with van der Waals surface area (Å²) < 4.78 is 34.7. The molecule has 2 aromatic rings. The number of anilines is 1. The SMILES string of the molecule is CN(C)CCOC1c2ccccc2N(C)S(=O)(=O)c2nn(C)cc21. The highest BCUT2D eigenvalue weighted by molar-refractivity contribution is 7.92. The predicted octanol–water partition coefficient (Wildman–Crippen LogP) is 1.23. The van der Waals surface area contributed by atoms with E-state index in [1.54, 1.807) is 26.4 Å². The van der Waals surface area contributed by atoms with Crippen molar-refractivity contribution in [2.45, 2.75) is 11.1 Å². The van der Waals surface area contributed by atoms with Gasteiger partial charge in [0, 0.05) is 38.0 Å². The summed E-state index contributed by atoms with van der Waals surface area (Å²) in [6.45, 7) is 1.24. The number of aryl methyl sites for hydroxylation is 1. The van der Waals surface area contributed by atoms with E-state index >= 15 is 0 Å². The number of ether oxygens (including phenoxy) is 1. The zero-order valence-electron chi connectivity index (χ0n) is 14.3. The van der Waals surface area contributed by atoms with Gasteiger partial charge >= 0.3 is 0 Å². The normalized spacial score (nSPS) is 19.0. The van der Waals surface area contributed by atoms with Crippen LogP contribution in [0.25, 0.3) is 0 Å². The lowest BCUT2D eigenvalue weighted by molar-refractivity contribution is 0.0676. The number of hydrogen-bond acceptors (Lipinski definition) is 5. The van der Waals surface area contributed by atoms with Crippen molar-refractivity contribution in [1.29, 1.82) is 0 Å². The molecule has 1 aliphatic heterocycles. The van der Waals surface area contributed by atoms with Gasteiger partial charge in [-0.2, -0.15) is 13.5 Å². The molecule has 0 aliphatic carbocycles. The Balaban J connectivity index is 2.15. The molecule has 0 bridgehead atoms. The van der Waals surface area contributed by atoms with Crippen molar-refractivity contribution in [2.75, 3.05) is 38.6 Å². The Bertz CT molecular complexity index is 845. The third-order valence-corrected chi connectivity index (χ3v) is 5.81. The zero-order valence-corrected chi connectivity index (χ0v) is 15.1. The van der Waals surface area contributed by atoms with E-state index < -0.39 is 16.1 Å². The van der Waals surface area contributed by atoms with Gasteiger partial charge in [0.2, 0.25) is 5.03 Å². The molecule has 1 aromatic carbocycles. The summed E-state index contributed by atoms with van der Waals surface area (Å²) in [7, 11) is 3.49. The Labute approximate surface area is 142 Å². The summed E-state index contributed by atoms with van der Waals surface area (Å²) in [5, 5.41) is 4.24. The Morgan fingerprint density at radius 1 is 1.21 bits per heavy atom. The van der Waals surface area contributed by atoms with Crippen LogP contribution < -0.4 is 4.31 Å². The van der Waals surface area contributed by atoms with Crippen molar-refractivity contribution in [1.82, 2.24) is 14.7 Å². The largest absolute Gasteiger partial charge is 0.367 e. The number of aromatic nitrogens is 2. The summed E-state index contributed by atoms with van der Waals surface area (Å²) in [5.41, 5.74) is 2.02. The maximum atomic E-state index is 12.9. The number of hydrogen-bond donors (Lipinski definition) is 0. The number of fused-ring (bicyclic) bond motifs is 2. The Hall–Kier alpha value is -1.90. The number of nitrogens with zero attached hydrogens (tertiary/aromatic N) is 4. The fraction of sp³-hybridized carbons (Fsp3) is 0.438. The highest BCUT2D eigenvalue weighted by atomic mass is 32.2. The average Bonchev–Trinajstić information content (AvgIpc) is 2.90. The van der Waals surface area contributed by atoms with E-state index in [-0.39, 0.29) is 5.03 Å². The fourth-order valence-corrected chi connectivity index (χ4v) is 4.20. The first-order valence-corrected chi connectivity index (χ1v) is 9.14. The summed E-state index contributed by atoms with van der Waals surface area (Å²) in [6, 6.07) is 7.42. The quantitative estimate of drug-likeness (QED) is 0.830. The third kappa shape index (κ3) is 2.81.